The average Bonchev–Trinajstić information content (AvgIpc) is 2.99. The zero-order valence-electron chi connectivity index (χ0n) is 10.5. The molecule has 2 rings (SSSR count). The molecule has 0 aromatic carbocycles. The van der Waals surface area contributed by atoms with E-state index in [1.165, 1.54) is 11.3 Å². The molecule has 0 saturated carbocycles. The predicted molar refractivity (Wildman–Crippen MR) is 77.4 cm³/mol. The number of hydrogen-bond acceptors (Lipinski definition) is 4. The molecule has 1 unspecified atom stereocenters. The van der Waals surface area contributed by atoms with E-state index in [4.69, 9.17) is 4.74 Å². The maximum Gasteiger partial charge on any atom is 0.187 e. The molecule has 1 aromatic heterocycles. The van der Waals surface area contributed by atoms with Gasteiger partial charge in [0.15, 0.2) is 5.78 Å². The number of hydrogen-bond donors (Lipinski definition) is 0. The van der Waals surface area contributed by atoms with E-state index in [9.17, 15) is 4.79 Å². The number of halogens is 1. The predicted octanol–water partition coefficient (Wildman–Crippen LogP) is 3.19. The van der Waals surface area contributed by atoms with E-state index in [2.05, 4.69) is 27.8 Å². The summed E-state index contributed by atoms with van der Waals surface area (Å²) in [6.07, 6.45) is 2.57. The maximum absolute atomic E-state index is 12.2. The van der Waals surface area contributed by atoms with Crippen molar-refractivity contribution >= 4 is 33.0 Å². The van der Waals surface area contributed by atoms with Crippen LogP contribution in [0.4, 0.5) is 0 Å². The van der Waals surface area contributed by atoms with Crippen LogP contribution in [0.2, 0.25) is 0 Å². The van der Waals surface area contributed by atoms with E-state index in [1.807, 2.05) is 11.4 Å². The van der Waals surface area contributed by atoms with Gasteiger partial charge in [0.05, 0.1) is 17.5 Å². The summed E-state index contributed by atoms with van der Waals surface area (Å²) >= 11 is 4.91. The largest absolute Gasteiger partial charge is 0.377 e. The lowest BCUT2D eigenvalue weighted by Crippen LogP contribution is -2.36. The van der Waals surface area contributed by atoms with Gasteiger partial charge in [-0.2, -0.15) is 0 Å². The summed E-state index contributed by atoms with van der Waals surface area (Å²) in [5, 5.41) is 1.94. The molecule has 1 aromatic rings. The third-order valence-corrected chi connectivity index (χ3v) is 5.05. The van der Waals surface area contributed by atoms with Crippen molar-refractivity contribution in [2.75, 3.05) is 26.2 Å². The van der Waals surface area contributed by atoms with Crippen LogP contribution in [0.15, 0.2) is 15.9 Å². The molecule has 3 nitrogen and oxygen atoms in total. The molecule has 0 N–H and O–H groups in total. The first-order valence-corrected chi connectivity index (χ1v) is 7.98. The Kier molecular flexibility index (Phi) is 5.36. The Balaban J connectivity index is 1.89. The second kappa shape index (κ2) is 6.80. The Morgan fingerprint density at radius 1 is 1.67 bits per heavy atom. The summed E-state index contributed by atoms with van der Waals surface area (Å²) in [7, 11) is 0. The van der Waals surface area contributed by atoms with Crippen LogP contribution in [0.3, 0.4) is 0 Å². The summed E-state index contributed by atoms with van der Waals surface area (Å²) in [6.45, 7) is 5.19. The highest BCUT2D eigenvalue weighted by Gasteiger charge is 2.21. The molecular weight excluding hydrogens is 314 g/mol. The van der Waals surface area contributed by atoms with Crippen molar-refractivity contribution in [2.45, 2.75) is 25.9 Å². The van der Waals surface area contributed by atoms with E-state index in [0.717, 1.165) is 41.9 Å². The second-order valence-corrected chi connectivity index (χ2v) is 6.25. The fourth-order valence-corrected chi connectivity index (χ4v) is 3.67. The molecule has 100 valence electrons. The van der Waals surface area contributed by atoms with Gasteiger partial charge < -0.3 is 4.74 Å². The van der Waals surface area contributed by atoms with Crippen LogP contribution in [0.25, 0.3) is 0 Å². The molecule has 0 spiro atoms. The molecule has 0 radical (unpaired) electrons. The number of Topliss-reactive ketones (excluding diaryl/α,β-unsaturated/α-hetero) is 1. The van der Waals surface area contributed by atoms with Gasteiger partial charge in [0.25, 0.3) is 0 Å². The van der Waals surface area contributed by atoms with Gasteiger partial charge in [0.2, 0.25) is 0 Å². The monoisotopic (exact) mass is 331 g/mol. The zero-order chi connectivity index (χ0) is 13.0. The lowest BCUT2D eigenvalue weighted by Gasteiger charge is -2.22. The molecule has 2 heterocycles. The topological polar surface area (TPSA) is 29.5 Å². The molecule has 0 amide bonds. The molecule has 1 aliphatic heterocycles. The number of rotatable bonds is 6. The first kappa shape index (κ1) is 14.2. The Hall–Kier alpha value is -0.230. The highest BCUT2D eigenvalue weighted by molar-refractivity contribution is 9.10. The van der Waals surface area contributed by atoms with Gasteiger partial charge in [-0.1, -0.05) is 6.92 Å². The molecular formula is C13H18BrNO2S. The molecule has 1 fully saturated rings. The van der Waals surface area contributed by atoms with E-state index < -0.39 is 0 Å². The lowest BCUT2D eigenvalue weighted by atomic mass is 10.2. The summed E-state index contributed by atoms with van der Waals surface area (Å²) in [4.78, 5) is 15.2. The summed E-state index contributed by atoms with van der Waals surface area (Å²) in [5.74, 6) is 0.191. The normalized spacial score (nSPS) is 19.6. The van der Waals surface area contributed by atoms with Crippen molar-refractivity contribution in [1.82, 2.24) is 4.90 Å². The maximum atomic E-state index is 12.2. The van der Waals surface area contributed by atoms with Crippen molar-refractivity contribution in [3.05, 3.63) is 20.8 Å². The first-order chi connectivity index (χ1) is 8.70. The lowest BCUT2D eigenvalue weighted by molar-refractivity contribution is 0.0687. The van der Waals surface area contributed by atoms with E-state index in [-0.39, 0.29) is 5.78 Å². The summed E-state index contributed by atoms with van der Waals surface area (Å²) < 4.78 is 6.53. The first-order valence-electron chi connectivity index (χ1n) is 6.31. The van der Waals surface area contributed by atoms with Crippen molar-refractivity contribution in [2.24, 2.45) is 0 Å². The number of nitrogens with zero attached hydrogens (tertiary/aromatic N) is 1. The molecule has 18 heavy (non-hydrogen) atoms. The third-order valence-electron chi connectivity index (χ3n) is 3.17. The number of ketones is 1. The Morgan fingerprint density at radius 3 is 3.06 bits per heavy atom. The van der Waals surface area contributed by atoms with Gasteiger partial charge in [-0.25, -0.2) is 0 Å². The van der Waals surface area contributed by atoms with E-state index in [0.29, 0.717) is 12.6 Å². The van der Waals surface area contributed by atoms with Gasteiger partial charge in [-0.15, -0.1) is 11.3 Å². The number of likely N-dealkylation sites (N-methyl/N-ethyl adjacent to an activating group) is 1. The standard InChI is InChI=1S/C13H18BrNO2S/c1-2-15(8-10-4-3-6-17-10)9-12(16)13-11(14)5-7-18-13/h5,7,10H,2-4,6,8-9H2,1H3. The smallest absolute Gasteiger partial charge is 0.187 e. The zero-order valence-corrected chi connectivity index (χ0v) is 12.9. The minimum Gasteiger partial charge on any atom is -0.377 e. The van der Waals surface area contributed by atoms with Crippen LogP contribution in [0.1, 0.15) is 29.4 Å². The Bertz CT molecular complexity index is 401. The summed E-state index contributed by atoms with van der Waals surface area (Å²) in [6, 6.07) is 1.92. The van der Waals surface area contributed by atoms with Crippen LogP contribution >= 0.6 is 27.3 Å². The molecule has 0 bridgehead atoms. The van der Waals surface area contributed by atoms with Crippen molar-refractivity contribution in [1.29, 1.82) is 0 Å². The van der Waals surface area contributed by atoms with Crippen molar-refractivity contribution < 1.29 is 9.53 Å². The SMILES string of the molecule is CCN(CC(=O)c1sccc1Br)CC1CCCO1. The third kappa shape index (κ3) is 3.63. The summed E-state index contributed by atoms with van der Waals surface area (Å²) in [5.41, 5.74) is 0. The number of thiophene rings is 1. The van der Waals surface area contributed by atoms with Gasteiger partial charge >= 0.3 is 0 Å². The van der Waals surface area contributed by atoms with Crippen LogP contribution < -0.4 is 0 Å². The van der Waals surface area contributed by atoms with Crippen molar-refractivity contribution in [3.63, 3.8) is 0 Å². The van der Waals surface area contributed by atoms with Crippen LogP contribution in [0, 0.1) is 0 Å². The minimum atomic E-state index is 0.191. The van der Waals surface area contributed by atoms with Gasteiger partial charge in [-0.05, 0) is 46.8 Å². The fraction of sp³-hybridized carbons (Fsp3) is 0.615. The van der Waals surface area contributed by atoms with Crippen LogP contribution in [-0.2, 0) is 4.74 Å². The average molecular weight is 332 g/mol. The van der Waals surface area contributed by atoms with Crippen LogP contribution in [0.5, 0.6) is 0 Å². The number of carbonyl (C=O) groups excluding carboxylic acids is 1. The Morgan fingerprint density at radius 2 is 2.50 bits per heavy atom. The fourth-order valence-electron chi connectivity index (χ4n) is 2.15. The quantitative estimate of drug-likeness (QED) is 0.750. The van der Waals surface area contributed by atoms with Crippen molar-refractivity contribution in [3.8, 4) is 0 Å². The molecule has 1 aliphatic rings. The molecule has 1 saturated heterocycles. The van der Waals surface area contributed by atoms with Gasteiger partial charge in [0.1, 0.15) is 0 Å². The number of carbonyl (C=O) groups is 1. The molecule has 0 aliphatic carbocycles. The Labute approximate surface area is 120 Å². The van der Waals surface area contributed by atoms with Gasteiger partial charge in [0, 0.05) is 17.6 Å². The van der Waals surface area contributed by atoms with Gasteiger partial charge in [-0.3, -0.25) is 9.69 Å². The number of ether oxygens (including phenoxy) is 1. The highest BCUT2D eigenvalue weighted by atomic mass is 79.9. The van der Waals surface area contributed by atoms with Crippen LogP contribution in [-0.4, -0.2) is 43.0 Å². The molecule has 1 atom stereocenters. The molecule has 5 heteroatoms. The highest BCUT2D eigenvalue weighted by Crippen LogP contribution is 2.23. The van der Waals surface area contributed by atoms with E-state index in [1.54, 1.807) is 0 Å². The van der Waals surface area contributed by atoms with E-state index >= 15 is 0 Å². The minimum absolute atomic E-state index is 0.191. The second-order valence-electron chi connectivity index (χ2n) is 4.48.